The highest BCUT2D eigenvalue weighted by molar-refractivity contribution is 7.92. The van der Waals surface area contributed by atoms with Crippen molar-refractivity contribution in [1.29, 1.82) is 0 Å². The molecule has 4 rings (SSSR count). The Morgan fingerprint density at radius 3 is 2.62 bits per heavy atom. The molecule has 1 saturated carbocycles. The Labute approximate surface area is 162 Å². The molecule has 0 bridgehead atoms. The second-order valence-corrected chi connectivity index (χ2v) is 9.03. The van der Waals surface area contributed by atoms with Gasteiger partial charge in [-0.2, -0.15) is 0 Å². The fraction of sp³-hybridized carbons (Fsp3) is 0.278. The van der Waals surface area contributed by atoms with Gasteiger partial charge >= 0.3 is 0 Å². The van der Waals surface area contributed by atoms with Crippen molar-refractivity contribution in [1.82, 2.24) is 0 Å². The molecule has 0 unspecified atom stereocenters. The summed E-state index contributed by atoms with van der Waals surface area (Å²) in [4.78, 5) is 14.1. The van der Waals surface area contributed by atoms with E-state index in [0.717, 1.165) is 30.5 Å². The van der Waals surface area contributed by atoms with Crippen molar-refractivity contribution in [3.63, 3.8) is 0 Å². The molecule has 2 aromatic carbocycles. The molecule has 0 radical (unpaired) electrons. The number of rotatable bonds is 4. The molecule has 26 heavy (non-hydrogen) atoms. The number of fused-ring (bicyclic) bond motifs is 1. The lowest BCUT2D eigenvalue weighted by Gasteiger charge is -2.18. The number of carbonyl (C=O) groups excluding carboxylic acids is 1. The Balaban J connectivity index is 1.64. The highest BCUT2D eigenvalue weighted by Gasteiger charge is 2.36. The van der Waals surface area contributed by atoms with Gasteiger partial charge in [-0.05, 0) is 55.2 Å². The van der Waals surface area contributed by atoms with Crippen LogP contribution in [-0.4, -0.2) is 20.9 Å². The summed E-state index contributed by atoms with van der Waals surface area (Å²) in [6.45, 7) is 0.640. The first-order valence-electron chi connectivity index (χ1n) is 8.27. The monoisotopic (exact) mass is 410 g/mol. The molecule has 2 aliphatic rings. The van der Waals surface area contributed by atoms with Crippen LogP contribution in [0.2, 0.25) is 10.0 Å². The maximum Gasteiger partial charge on any atom is 0.263 e. The summed E-state index contributed by atoms with van der Waals surface area (Å²) in [6.07, 6.45) is 2.65. The van der Waals surface area contributed by atoms with Crippen LogP contribution in [0.1, 0.15) is 18.4 Å². The second-order valence-electron chi connectivity index (χ2n) is 6.54. The lowest BCUT2D eigenvalue weighted by molar-refractivity contribution is -0.119. The van der Waals surface area contributed by atoms with E-state index in [2.05, 4.69) is 4.72 Å². The summed E-state index contributed by atoms with van der Waals surface area (Å²) >= 11 is 11.9. The number of carbonyl (C=O) groups is 1. The summed E-state index contributed by atoms with van der Waals surface area (Å²) < 4.78 is 27.9. The summed E-state index contributed by atoms with van der Waals surface area (Å²) in [7, 11) is -3.90. The summed E-state index contributed by atoms with van der Waals surface area (Å²) in [5, 5.41) is 0.374. The Morgan fingerprint density at radius 1 is 1.12 bits per heavy atom. The van der Waals surface area contributed by atoms with E-state index in [-0.39, 0.29) is 26.8 Å². The van der Waals surface area contributed by atoms with Crippen LogP contribution >= 0.6 is 23.2 Å². The zero-order valence-corrected chi connectivity index (χ0v) is 16.0. The van der Waals surface area contributed by atoms with Crippen molar-refractivity contribution in [2.24, 2.45) is 5.92 Å². The van der Waals surface area contributed by atoms with Crippen molar-refractivity contribution in [2.45, 2.75) is 24.2 Å². The van der Waals surface area contributed by atoms with E-state index >= 15 is 0 Å². The average molecular weight is 411 g/mol. The van der Waals surface area contributed by atoms with E-state index in [1.54, 1.807) is 17.0 Å². The molecule has 136 valence electrons. The van der Waals surface area contributed by atoms with Gasteiger partial charge in [0.25, 0.3) is 10.0 Å². The summed E-state index contributed by atoms with van der Waals surface area (Å²) in [5.41, 5.74) is 2.21. The van der Waals surface area contributed by atoms with Crippen LogP contribution in [-0.2, 0) is 21.2 Å². The summed E-state index contributed by atoms with van der Waals surface area (Å²) in [5.74, 6) is 0.244. The summed E-state index contributed by atoms with van der Waals surface area (Å²) in [6, 6.07) is 9.53. The standard InChI is InChI=1S/C18H16Cl2N2O3S/c19-13-4-6-15(20)17(9-13)26(24,25)21-14-5-3-11-7-8-22(16(11)10-14)18(23)12-1-2-12/h3-6,9-10,12,21H,1-2,7-8H2. The van der Waals surface area contributed by atoms with Gasteiger partial charge in [0.15, 0.2) is 0 Å². The van der Waals surface area contributed by atoms with Gasteiger partial charge in [0.2, 0.25) is 5.91 Å². The smallest absolute Gasteiger partial charge is 0.263 e. The number of amides is 1. The van der Waals surface area contributed by atoms with E-state index in [0.29, 0.717) is 12.2 Å². The van der Waals surface area contributed by atoms with Gasteiger partial charge in [-0.3, -0.25) is 9.52 Å². The number of benzene rings is 2. The van der Waals surface area contributed by atoms with Crippen LogP contribution in [0, 0.1) is 5.92 Å². The van der Waals surface area contributed by atoms with E-state index in [9.17, 15) is 13.2 Å². The van der Waals surface area contributed by atoms with E-state index < -0.39 is 10.0 Å². The maximum absolute atomic E-state index is 12.7. The molecule has 0 atom stereocenters. The van der Waals surface area contributed by atoms with Crippen molar-refractivity contribution < 1.29 is 13.2 Å². The molecule has 2 aromatic rings. The molecule has 0 aromatic heterocycles. The van der Waals surface area contributed by atoms with Crippen LogP contribution < -0.4 is 9.62 Å². The molecular weight excluding hydrogens is 395 g/mol. The quantitative estimate of drug-likeness (QED) is 0.824. The van der Waals surface area contributed by atoms with Crippen molar-refractivity contribution in [3.05, 3.63) is 52.0 Å². The molecule has 0 saturated heterocycles. The molecule has 1 fully saturated rings. The second kappa shape index (κ2) is 6.44. The van der Waals surface area contributed by atoms with Gasteiger partial charge in [0, 0.05) is 23.2 Å². The molecule has 1 aliphatic carbocycles. The lowest BCUT2D eigenvalue weighted by atomic mass is 10.1. The maximum atomic E-state index is 12.7. The lowest BCUT2D eigenvalue weighted by Crippen LogP contribution is -2.30. The molecule has 1 aliphatic heterocycles. The Morgan fingerprint density at radius 2 is 1.88 bits per heavy atom. The van der Waals surface area contributed by atoms with E-state index in [1.807, 2.05) is 6.07 Å². The van der Waals surface area contributed by atoms with Gasteiger partial charge in [0.05, 0.1) is 10.7 Å². The van der Waals surface area contributed by atoms with Crippen LogP contribution in [0.25, 0.3) is 0 Å². The Bertz CT molecular complexity index is 1000. The number of anilines is 2. The highest BCUT2D eigenvalue weighted by Crippen LogP contribution is 2.38. The van der Waals surface area contributed by atoms with Gasteiger partial charge in [-0.15, -0.1) is 0 Å². The third kappa shape index (κ3) is 3.29. The number of halogens is 2. The minimum atomic E-state index is -3.90. The predicted molar refractivity (Wildman–Crippen MR) is 102 cm³/mol. The van der Waals surface area contributed by atoms with Gasteiger partial charge in [-0.1, -0.05) is 29.3 Å². The number of nitrogens with one attached hydrogen (secondary N) is 1. The molecule has 8 heteroatoms. The third-order valence-corrected chi connectivity index (χ3v) is 6.71. The molecule has 1 amide bonds. The zero-order chi connectivity index (χ0) is 18.5. The fourth-order valence-corrected chi connectivity index (χ4v) is 4.93. The molecule has 0 spiro atoms. The molecular formula is C18H16Cl2N2O3S. The largest absolute Gasteiger partial charge is 0.312 e. The van der Waals surface area contributed by atoms with Crippen LogP contribution in [0.4, 0.5) is 11.4 Å². The first-order valence-corrected chi connectivity index (χ1v) is 10.5. The predicted octanol–water partition coefficient (Wildman–Crippen LogP) is 4.09. The number of hydrogen-bond donors (Lipinski definition) is 1. The Hall–Kier alpha value is -1.76. The highest BCUT2D eigenvalue weighted by atomic mass is 35.5. The number of sulfonamides is 1. The third-order valence-electron chi connectivity index (χ3n) is 4.61. The normalized spacial score (nSPS) is 16.5. The SMILES string of the molecule is O=C(C1CC1)N1CCc2ccc(NS(=O)(=O)c3cc(Cl)ccc3Cl)cc21. The minimum Gasteiger partial charge on any atom is -0.312 e. The van der Waals surface area contributed by atoms with E-state index in [4.69, 9.17) is 23.2 Å². The van der Waals surface area contributed by atoms with Crippen molar-refractivity contribution in [3.8, 4) is 0 Å². The first-order chi connectivity index (χ1) is 12.3. The topological polar surface area (TPSA) is 66.5 Å². The Kier molecular flexibility index (Phi) is 4.37. The van der Waals surface area contributed by atoms with Gasteiger partial charge < -0.3 is 4.90 Å². The number of nitrogens with zero attached hydrogens (tertiary/aromatic N) is 1. The minimum absolute atomic E-state index is 0.0851. The van der Waals surface area contributed by atoms with Crippen LogP contribution in [0.15, 0.2) is 41.3 Å². The fourth-order valence-electron chi connectivity index (χ4n) is 3.12. The molecule has 1 heterocycles. The first kappa shape index (κ1) is 17.6. The number of hydrogen-bond acceptors (Lipinski definition) is 3. The van der Waals surface area contributed by atoms with E-state index in [1.165, 1.54) is 18.2 Å². The zero-order valence-electron chi connectivity index (χ0n) is 13.7. The van der Waals surface area contributed by atoms with Crippen molar-refractivity contribution >= 4 is 50.5 Å². The van der Waals surface area contributed by atoms with Crippen LogP contribution in [0.5, 0.6) is 0 Å². The van der Waals surface area contributed by atoms with Gasteiger partial charge in [-0.25, -0.2) is 8.42 Å². The van der Waals surface area contributed by atoms with Gasteiger partial charge in [0.1, 0.15) is 4.90 Å². The van der Waals surface area contributed by atoms with Crippen molar-refractivity contribution in [2.75, 3.05) is 16.2 Å². The van der Waals surface area contributed by atoms with Crippen LogP contribution in [0.3, 0.4) is 0 Å². The average Bonchev–Trinajstić information content (AvgIpc) is 3.36. The molecule has 1 N–H and O–H groups in total. The molecule has 5 nitrogen and oxygen atoms in total.